The van der Waals surface area contributed by atoms with Gasteiger partial charge in [0, 0.05) is 16.7 Å². The van der Waals surface area contributed by atoms with Crippen molar-refractivity contribution in [2.75, 3.05) is 6.54 Å². The highest BCUT2D eigenvalue weighted by Gasteiger charge is 2.19. The molecule has 1 nitrogen and oxygen atoms in total. The Morgan fingerprint density at radius 1 is 1.50 bits per heavy atom. The molecule has 0 saturated carbocycles. The third-order valence-corrected chi connectivity index (χ3v) is 3.13. The van der Waals surface area contributed by atoms with E-state index in [0.29, 0.717) is 6.54 Å². The van der Waals surface area contributed by atoms with Gasteiger partial charge in [0.25, 0.3) is 0 Å². The van der Waals surface area contributed by atoms with Gasteiger partial charge in [0.05, 0.1) is 0 Å². The summed E-state index contributed by atoms with van der Waals surface area (Å²) in [5.74, 6) is 0. The highest BCUT2D eigenvalue weighted by Crippen LogP contribution is 2.27. The minimum Gasteiger partial charge on any atom is -0.309 e. The van der Waals surface area contributed by atoms with Crippen molar-refractivity contribution in [2.45, 2.75) is 12.7 Å². The molecule has 0 amide bonds. The molecule has 0 aliphatic carbocycles. The summed E-state index contributed by atoms with van der Waals surface area (Å²) >= 11 is 2.25. The summed E-state index contributed by atoms with van der Waals surface area (Å²) in [4.78, 5) is 0. The summed E-state index contributed by atoms with van der Waals surface area (Å²) < 4.78 is 14.4. The highest BCUT2D eigenvalue weighted by molar-refractivity contribution is 14.1. The van der Waals surface area contributed by atoms with Gasteiger partial charge in [-0.05, 0) is 39.8 Å². The Hall–Kier alpha value is -0.160. The van der Waals surface area contributed by atoms with Crippen LogP contribution in [-0.2, 0) is 6.54 Å². The Labute approximate surface area is 84.5 Å². The summed E-state index contributed by atoms with van der Waals surface area (Å²) in [5, 5.41) is 3.05. The Morgan fingerprint density at radius 2 is 2.33 bits per heavy atom. The third kappa shape index (κ3) is 1.35. The molecular weight excluding hydrogens is 268 g/mol. The first-order valence-electron chi connectivity index (χ1n) is 3.91. The van der Waals surface area contributed by atoms with Crippen molar-refractivity contribution < 1.29 is 4.39 Å². The molecule has 1 aromatic carbocycles. The van der Waals surface area contributed by atoms with Crippen molar-refractivity contribution >= 4 is 22.6 Å². The zero-order valence-corrected chi connectivity index (χ0v) is 8.64. The maximum atomic E-state index is 13.3. The van der Waals surface area contributed by atoms with E-state index >= 15 is 0 Å². The van der Waals surface area contributed by atoms with Crippen molar-refractivity contribution in [3.05, 3.63) is 32.9 Å². The number of rotatable bonds is 0. The number of nitrogens with one attached hydrogen (secondary N) is 1. The molecule has 1 N–H and O–H groups in total. The van der Waals surface area contributed by atoms with E-state index in [1.165, 1.54) is 0 Å². The molecule has 0 bridgehead atoms. The first kappa shape index (κ1) is 8.44. The SMILES string of the molecule is F[C@@H]1CNCc2c(I)cccc21. The van der Waals surface area contributed by atoms with Gasteiger partial charge < -0.3 is 5.32 Å². The van der Waals surface area contributed by atoms with Gasteiger partial charge in [0.2, 0.25) is 0 Å². The van der Waals surface area contributed by atoms with Crippen LogP contribution >= 0.6 is 22.6 Å². The fraction of sp³-hybridized carbons (Fsp3) is 0.333. The fourth-order valence-electron chi connectivity index (χ4n) is 1.49. The standard InChI is InChI=1S/C9H9FIN/c10-8-5-12-4-7-6(8)2-1-3-9(7)11/h1-3,8,12H,4-5H2/t8-/m1/s1. The lowest BCUT2D eigenvalue weighted by Gasteiger charge is -2.21. The molecule has 1 aliphatic rings. The number of alkyl halides is 1. The van der Waals surface area contributed by atoms with E-state index in [1.807, 2.05) is 18.2 Å². The minimum atomic E-state index is -0.830. The monoisotopic (exact) mass is 277 g/mol. The molecule has 0 saturated heterocycles. The molecule has 0 spiro atoms. The van der Waals surface area contributed by atoms with Gasteiger partial charge in [-0.3, -0.25) is 0 Å². The molecule has 0 fully saturated rings. The number of benzene rings is 1. The summed E-state index contributed by atoms with van der Waals surface area (Å²) in [7, 11) is 0. The van der Waals surface area contributed by atoms with Crippen molar-refractivity contribution in [1.29, 1.82) is 0 Å². The van der Waals surface area contributed by atoms with Crippen molar-refractivity contribution in [2.24, 2.45) is 0 Å². The molecule has 1 heterocycles. The number of hydrogen-bond donors (Lipinski definition) is 1. The molecular formula is C9H9FIN. The minimum absolute atomic E-state index is 0.451. The Balaban J connectivity index is 2.52. The van der Waals surface area contributed by atoms with Crippen molar-refractivity contribution in [3.8, 4) is 0 Å². The zero-order chi connectivity index (χ0) is 8.55. The lowest BCUT2D eigenvalue weighted by molar-refractivity contribution is 0.310. The molecule has 64 valence electrons. The predicted octanol–water partition coefficient (Wildman–Crippen LogP) is 2.41. The number of fused-ring (bicyclic) bond motifs is 1. The summed E-state index contributed by atoms with van der Waals surface area (Å²) in [6.07, 6.45) is -0.830. The zero-order valence-electron chi connectivity index (χ0n) is 6.48. The first-order valence-corrected chi connectivity index (χ1v) is 4.99. The quantitative estimate of drug-likeness (QED) is 0.718. The van der Waals surface area contributed by atoms with Crippen LogP contribution in [0, 0.1) is 3.57 Å². The summed E-state index contributed by atoms with van der Waals surface area (Å²) in [6.45, 7) is 1.25. The molecule has 0 unspecified atom stereocenters. The van der Waals surface area contributed by atoms with Gasteiger partial charge in [-0.1, -0.05) is 12.1 Å². The van der Waals surface area contributed by atoms with Gasteiger partial charge >= 0.3 is 0 Å². The first-order chi connectivity index (χ1) is 5.79. The average Bonchev–Trinajstić information content (AvgIpc) is 2.07. The maximum Gasteiger partial charge on any atom is 0.138 e. The van der Waals surface area contributed by atoms with Crippen LogP contribution in [0.4, 0.5) is 4.39 Å². The van der Waals surface area contributed by atoms with E-state index in [-0.39, 0.29) is 0 Å². The third-order valence-electron chi connectivity index (χ3n) is 2.12. The largest absolute Gasteiger partial charge is 0.309 e. The molecule has 0 aromatic heterocycles. The van der Waals surface area contributed by atoms with Crippen LogP contribution in [0.3, 0.4) is 0 Å². The smallest absolute Gasteiger partial charge is 0.138 e. The van der Waals surface area contributed by atoms with Crippen molar-refractivity contribution in [1.82, 2.24) is 5.32 Å². The average molecular weight is 277 g/mol. The fourth-order valence-corrected chi connectivity index (χ4v) is 2.20. The molecule has 3 heteroatoms. The van der Waals surface area contributed by atoms with Crippen LogP contribution in [0.2, 0.25) is 0 Å². The lowest BCUT2D eigenvalue weighted by atomic mass is 10.0. The highest BCUT2D eigenvalue weighted by atomic mass is 127. The second-order valence-electron chi connectivity index (χ2n) is 2.91. The van der Waals surface area contributed by atoms with Gasteiger partial charge in [-0.2, -0.15) is 0 Å². The molecule has 1 aliphatic heterocycles. The lowest BCUT2D eigenvalue weighted by Crippen LogP contribution is -2.26. The maximum absolute atomic E-state index is 13.3. The van der Waals surface area contributed by atoms with Crippen LogP contribution in [0.25, 0.3) is 0 Å². The van der Waals surface area contributed by atoms with E-state index in [2.05, 4.69) is 27.9 Å². The van der Waals surface area contributed by atoms with Crippen LogP contribution in [-0.4, -0.2) is 6.54 Å². The van der Waals surface area contributed by atoms with E-state index in [1.54, 1.807) is 0 Å². The molecule has 0 radical (unpaired) electrons. The van der Waals surface area contributed by atoms with Gasteiger partial charge in [0.15, 0.2) is 0 Å². The van der Waals surface area contributed by atoms with Crippen LogP contribution in [0.1, 0.15) is 17.3 Å². The Morgan fingerprint density at radius 3 is 3.08 bits per heavy atom. The van der Waals surface area contributed by atoms with E-state index < -0.39 is 6.17 Å². The van der Waals surface area contributed by atoms with Crippen LogP contribution in [0.5, 0.6) is 0 Å². The van der Waals surface area contributed by atoms with Gasteiger partial charge in [-0.25, -0.2) is 4.39 Å². The van der Waals surface area contributed by atoms with Gasteiger partial charge in [-0.15, -0.1) is 0 Å². The topological polar surface area (TPSA) is 12.0 Å². The number of halogens is 2. The second kappa shape index (κ2) is 3.30. The molecule has 1 aromatic rings. The second-order valence-corrected chi connectivity index (χ2v) is 4.07. The molecule has 1 atom stereocenters. The molecule has 12 heavy (non-hydrogen) atoms. The normalized spacial score (nSPS) is 22.0. The number of hydrogen-bond acceptors (Lipinski definition) is 1. The van der Waals surface area contributed by atoms with E-state index in [4.69, 9.17) is 0 Å². The van der Waals surface area contributed by atoms with Crippen molar-refractivity contribution in [3.63, 3.8) is 0 Å². The summed E-state index contributed by atoms with van der Waals surface area (Å²) in [6, 6.07) is 5.81. The Kier molecular flexibility index (Phi) is 2.32. The van der Waals surface area contributed by atoms with Crippen LogP contribution < -0.4 is 5.32 Å². The molecule has 2 rings (SSSR count). The predicted molar refractivity (Wildman–Crippen MR) is 54.7 cm³/mol. The van der Waals surface area contributed by atoms with E-state index in [0.717, 1.165) is 21.2 Å². The Bertz CT molecular complexity index is 301. The van der Waals surface area contributed by atoms with E-state index in [9.17, 15) is 4.39 Å². The van der Waals surface area contributed by atoms with Crippen LogP contribution in [0.15, 0.2) is 18.2 Å². The van der Waals surface area contributed by atoms with Gasteiger partial charge in [0.1, 0.15) is 6.17 Å². The summed E-state index contributed by atoms with van der Waals surface area (Å²) in [5.41, 5.74) is 1.98.